The molecule has 0 saturated carbocycles. The molecule has 0 aromatic heterocycles. The fourth-order valence-corrected chi connectivity index (χ4v) is 2.55. The second kappa shape index (κ2) is 8.13. The van der Waals surface area contributed by atoms with Crippen LogP contribution in [0.1, 0.15) is 25.0 Å². The van der Waals surface area contributed by atoms with Crippen LogP contribution in [-0.4, -0.2) is 37.3 Å². The number of thioether (sulfide) groups is 1. The van der Waals surface area contributed by atoms with Gasteiger partial charge in [-0.3, -0.25) is 0 Å². The van der Waals surface area contributed by atoms with E-state index in [0.717, 1.165) is 34.8 Å². The summed E-state index contributed by atoms with van der Waals surface area (Å²) in [5.74, 6) is 2.10. The predicted octanol–water partition coefficient (Wildman–Crippen LogP) is 3.33. The summed E-state index contributed by atoms with van der Waals surface area (Å²) in [7, 11) is 0. The Balaban J connectivity index is 2.12. The van der Waals surface area contributed by atoms with Crippen molar-refractivity contribution in [2.75, 3.05) is 25.2 Å². The fourth-order valence-electron chi connectivity index (χ4n) is 2.30. The van der Waals surface area contributed by atoms with Crippen molar-refractivity contribution in [1.29, 1.82) is 0 Å². The number of esters is 1. The number of carbonyl (C=O) groups is 1. The molecular weight excluding hydrogens is 300 g/mol. The quantitative estimate of drug-likeness (QED) is 0.438. The molecule has 1 unspecified atom stereocenters. The van der Waals surface area contributed by atoms with Crippen molar-refractivity contribution < 1.29 is 19.0 Å². The molecule has 1 aromatic rings. The first-order chi connectivity index (χ1) is 10.6. The Morgan fingerprint density at radius 3 is 3.05 bits per heavy atom. The second-order valence-corrected chi connectivity index (χ2v) is 6.04. The van der Waals surface area contributed by atoms with Gasteiger partial charge in [0.1, 0.15) is 24.2 Å². The molecule has 4 nitrogen and oxygen atoms in total. The summed E-state index contributed by atoms with van der Waals surface area (Å²) >= 11 is 1.64. The van der Waals surface area contributed by atoms with Crippen LogP contribution < -0.4 is 9.47 Å². The van der Waals surface area contributed by atoms with Crippen LogP contribution in [0.3, 0.4) is 0 Å². The minimum Gasteiger partial charge on any atom is -0.493 e. The van der Waals surface area contributed by atoms with Gasteiger partial charge in [-0.05, 0) is 38.3 Å². The van der Waals surface area contributed by atoms with Gasteiger partial charge in [0.2, 0.25) is 0 Å². The molecule has 1 aliphatic rings. The van der Waals surface area contributed by atoms with Gasteiger partial charge in [0.25, 0.3) is 0 Å². The third kappa shape index (κ3) is 4.44. The molecule has 120 valence electrons. The van der Waals surface area contributed by atoms with Crippen LogP contribution in [0.25, 0.3) is 6.08 Å². The Morgan fingerprint density at radius 1 is 1.50 bits per heavy atom. The minimum absolute atomic E-state index is 0.181. The number of hydrogen-bond donors (Lipinski definition) is 0. The molecule has 0 aliphatic carbocycles. The number of carbonyl (C=O) groups excluding carboxylic acids is 1. The van der Waals surface area contributed by atoms with Crippen LogP contribution in [0.2, 0.25) is 0 Å². The van der Waals surface area contributed by atoms with Crippen LogP contribution >= 0.6 is 11.8 Å². The summed E-state index contributed by atoms with van der Waals surface area (Å²) in [6, 6.07) is 3.93. The van der Waals surface area contributed by atoms with Gasteiger partial charge in [0.05, 0.1) is 6.61 Å². The van der Waals surface area contributed by atoms with E-state index in [0.29, 0.717) is 13.2 Å². The van der Waals surface area contributed by atoms with E-state index in [1.165, 1.54) is 6.08 Å². The highest BCUT2D eigenvalue weighted by Crippen LogP contribution is 2.35. The summed E-state index contributed by atoms with van der Waals surface area (Å²) < 4.78 is 16.5. The molecule has 0 N–H and O–H groups in total. The van der Waals surface area contributed by atoms with E-state index in [4.69, 9.17) is 14.2 Å². The van der Waals surface area contributed by atoms with E-state index in [2.05, 4.69) is 0 Å². The van der Waals surface area contributed by atoms with Gasteiger partial charge in [-0.25, -0.2) is 4.79 Å². The molecular formula is C17H22O4S. The Morgan fingerprint density at radius 2 is 2.32 bits per heavy atom. The molecule has 1 aliphatic heterocycles. The van der Waals surface area contributed by atoms with Gasteiger partial charge < -0.3 is 14.2 Å². The number of benzene rings is 1. The number of fused-ring (bicyclic) bond motifs is 1. The molecule has 0 bridgehead atoms. The summed E-state index contributed by atoms with van der Waals surface area (Å²) in [5.41, 5.74) is 1.98. The number of hydrogen-bond acceptors (Lipinski definition) is 5. The zero-order chi connectivity index (χ0) is 15.9. The lowest BCUT2D eigenvalue weighted by Gasteiger charge is -2.10. The second-order valence-electron chi connectivity index (χ2n) is 5.06. The zero-order valence-corrected chi connectivity index (χ0v) is 14.1. The van der Waals surface area contributed by atoms with E-state index in [1.54, 1.807) is 17.8 Å². The first kappa shape index (κ1) is 16.7. The van der Waals surface area contributed by atoms with Crippen molar-refractivity contribution in [3.63, 3.8) is 0 Å². The van der Waals surface area contributed by atoms with E-state index in [1.807, 2.05) is 32.2 Å². The molecule has 2 rings (SSSR count). The van der Waals surface area contributed by atoms with Crippen LogP contribution in [0.5, 0.6) is 11.5 Å². The van der Waals surface area contributed by atoms with E-state index >= 15 is 0 Å². The first-order valence-electron chi connectivity index (χ1n) is 7.44. The fraction of sp³-hybridized carbons (Fsp3) is 0.471. The average Bonchev–Trinajstić information content (AvgIpc) is 2.84. The Kier molecular flexibility index (Phi) is 6.19. The third-order valence-corrected chi connectivity index (χ3v) is 3.83. The maximum Gasteiger partial charge on any atom is 0.330 e. The molecule has 22 heavy (non-hydrogen) atoms. The highest BCUT2D eigenvalue weighted by Gasteiger charge is 2.21. The zero-order valence-electron chi connectivity index (χ0n) is 13.3. The minimum atomic E-state index is -0.341. The standard InChI is InChI=1S/C17H22O4S/c1-4-19-15-11-14-9-12(2)21-16(14)10-13(15)5-6-17(18)20-7-8-22-3/h5-6,10-12H,4,7-9H2,1-3H3/b6-5+. The van der Waals surface area contributed by atoms with Gasteiger partial charge in [0, 0.05) is 29.4 Å². The third-order valence-electron chi connectivity index (χ3n) is 3.26. The summed E-state index contributed by atoms with van der Waals surface area (Å²) in [6.07, 6.45) is 6.20. The molecule has 0 amide bonds. The number of rotatable bonds is 7. The summed E-state index contributed by atoms with van der Waals surface area (Å²) in [5, 5.41) is 0. The molecule has 0 radical (unpaired) electrons. The maximum atomic E-state index is 11.7. The van der Waals surface area contributed by atoms with Crippen LogP contribution in [0.15, 0.2) is 18.2 Å². The normalized spacial score (nSPS) is 16.4. The van der Waals surface area contributed by atoms with Crippen molar-refractivity contribution >= 4 is 23.8 Å². The van der Waals surface area contributed by atoms with Crippen LogP contribution in [-0.2, 0) is 16.0 Å². The van der Waals surface area contributed by atoms with E-state index in [-0.39, 0.29) is 12.1 Å². The van der Waals surface area contributed by atoms with E-state index < -0.39 is 0 Å². The van der Waals surface area contributed by atoms with Crippen molar-refractivity contribution in [2.45, 2.75) is 26.4 Å². The van der Waals surface area contributed by atoms with Crippen LogP contribution in [0.4, 0.5) is 0 Å². The lowest BCUT2D eigenvalue weighted by atomic mass is 10.1. The van der Waals surface area contributed by atoms with Gasteiger partial charge >= 0.3 is 5.97 Å². The van der Waals surface area contributed by atoms with Crippen LogP contribution in [0, 0.1) is 0 Å². The van der Waals surface area contributed by atoms with Gasteiger partial charge in [-0.1, -0.05) is 0 Å². The van der Waals surface area contributed by atoms with Crippen molar-refractivity contribution in [2.24, 2.45) is 0 Å². The molecule has 0 spiro atoms. The van der Waals surface area contributed by atoms with Crippen molar-refractivity contribution in [3.8, 4) is 11.5 Å². The number of ether oxygens (including phenoxy) is 3. The van der Waals surface area contributed by atoms with Gasteiger partial charge in [-0.15, -0.1) is 0 Å². The maximum absolute atomic E-state index is 11.7. The first-order valence-corrected chi connectivity index (χ1v) is 8.83. The largest absolute Gasteiger partial charge is 0.493 e. The van der Waals surface area contributed by atoms with Crippen molar-refractivity contribution in [3.05, 3.63) is 29.3 Å². The van der Waals surface area contributed by atoms with Gasteiger partial charge in [0.15, 0.2) is 0 Å². The lowest BCUT2D eigenvalue weighted by molar-refractivity contribution is -0.137. The lowest BCUT2D eigenvalue weighted by Crippen LogP contribution is -2.05. The summed E-state index contributed by atoms with van der Waals surface area (Å²) in [4.78, 5) is 11.7. The Labute approximate surface area is 135 Å². The molecule has 1 atom stereocenters. The highest BCUT2D eigenvalue weighted by atomic mass is 32.2. The SMILES string of the molecule is CCOc1cc2c(cc1/C=C/C(=O)OCCSC)OC(C)C2. The Bertz CT molecular complexity index is 554. The molecule has 0 fully saturated rings. The van der Waals surface area contributed by atoms with Crippen molar-refractivity contribution in [1.82, 2.24) is 0 Å². The van der Waals surface area contributed by atoms with E-state index in [9.17, 15) is 4.79 Å². The predicted molar refractivity (Wildman–Crippen MR) is 89.8 cm³/mol. The van der Waals surface area contributed by atoms with Gasteiger partial charge in [-0.2, -0.15) is 11.8 Å². The monoisotopic (exact) mass is 322 g/mol. The molecule has 1 aromatic carbocycles. The highest BCUT2D eigenvalue weighted by molar-refractivity contribution is 7.98. The molecule has 5 heteroatoms. The average molecular weight is 322 g/mol. The smallest absolute Gasteiger partial charge is 0.330 e. The molecule has 1 heterocycles. The molecule has 0 saturated heterocycles. The topological polar surface area (TPSA) is 44.8 Å². The Hall–Kier alpha value is -1.62. The summed E-state index contributed by atoms with van der Waals surface area (Å²) in [6.45, 7) is 4.98.